The molecule has 0 saturated carbocycles. The summed E-state index contributed by atoms with van der Waals surface area (Å²) in [5, 5.41) is 0. The van der Waals surface area contributed by atoms with Crippen molar-refractivity contribution >= 4 is 21.8 Å². The van der Waals surface area contributed by atoms with Crippen molar-refractivity contribution in [1.29, 1.82) is 0 Å². The number of benzene rings is 2. The van der Waals surface area contributed by atoms with Gasteiger partial charge in [0.2, 0.25) is 0 Å². The fourth-order valence-electron chi connectivity index (χ4n) is 2.48. The van der Waals surface area contributed by atoms with E-state index in [9.17, 15) is 9.18 Å². The van der Waals surface area contributed by atoms with E-state index >= 15 is 0 Å². The first-order valence-electron chi connectivity index (χ1n) is 6.46. The third-order valence-electron chi connectivity index (χ3n) is 3.56. The summed E-state index contributed by atoms with van der Waals surface area (Å²) in [7, 11) is 0. The monoisotopic (exact) mass is 333 g/mol. The van der Waals surface area contributed by atoms with E-state index in [4.69, 9.17) is 0 Å². The maximum absolute atomic E-state index is 13.1. The molecule has 1 heterocycles. The van der Waals surface area contributed by atoms with Crippen LogP contribution in [0.2, 0.25) is 0 Å². The van der Waals surface area contributed by atoms with Crippen LogP contribution in [0.1, 0.15) is 21.5 Å². The largest absolute Gasteiger partial charge is 0.334 e. The standard InChI is InChI=1S/C16H13BrFNO/c17-15-9-13(18)6-5-12(15)10-19-8-7-11-3-1-2-4-14(11)16(19)20/h1-6,9H,7-8,10H2. The number of fused-ring (bicyclic) bond motifs is 1. The normalized spacial score (nSPS) is 14.3. The lowest BCUT2D eigenvalue weighted by molar-refractivity contribution is 0.0726. The third-order valence-corrected chi connectivity index (χ3v) is 4.30. The predicted octanol–water partition coefficient (Wildman–Crippen LogP) is 3.79. The van der Waals surface area contributed by atoms with Gasteiger partial charge in [-0.1, -0.05) is 40.2 Å². The van der Waals surface area contributed by atoms with E-state index in [2.05, 4.69) is 15.9 Å². The van der Waals surface area contributed by atoms with E-state index in [1.807, 2.05) is 24.3 Å². The van der Waals surface area contributed by atoms with Gasteiger partial charge in [0.15, 0.2) is 0 Å². The van der Waals surface area contributed by atoms with Gasteiger partial charge in [-0.3, -0.25) is 4.79 Å². The second-order valence-electron chi connectivity index (χ2n) is 4.87. The van der Waals surface area contributed by atoms with Crippen LogP contribution in [0, 0.1) is 5.82 Å². The smallest absolute Gasteiger partial charge is 0.254 e. The van der Waals surface area contributed by atoms with E-state index in [0.717, 1.165) is 23.1 Å². The van der Waals surface area contributed by atoms with Crippen molar-refractivity contribution in [3.05, 3.63) is 69.4 Å². The van der Waals surface area contributed by atoms with Crippen molar-refractivity contribution in [3.8, 4) is 0 Å². The molecule has 0 unspecified atom stereocenters. The molecule has 2 aromatic rings. The average Bonchev–Trinajstić information content (AvgIpc) is 2.45. The third kappa shape index (κ3) is 2.48. The zero-order valence-corrected chi connectivity index (χ0v) is 12.4. The van der Waals surface area contributed by atoms with Gasteiger partial charge in [-0.25, -0.2) is 4.39 Å². The van der Waals surface area contributed by atoms with Gasteiger partial charge in [-0.2, -0.15) is 0 Å². The summed E-state index contributed by atoms with van der Waals surface area (Å²) in [5.41, 5.74) is 2.79. The maximum Gasteiger partial charge on any atom is 0.254 e. The first kappa shape index (κ1) is 13.3. The molecule has 1 aliphatic heterocycles. The van der Waals surface area contributed by atoms with Crippen LogP contribution in [0.3, 0.4) is 0 Å². The van der Waals surface area contributed by atoms with Gasteiger partial charge in [-0.15, -0.1) is 0 Å². The molecule has 1 aliphatic rings. The number of carbonyl (C=O) groups excluding carboxylic acids is 1. The second-order valence-corrected chi connectivity index (χ2v) is 5.72. The number of rotatable bonds is 2. The van der Waals surface area contributed by atoms with Crippen LogP contribution in [-0.2, 0) is 13.0 Å². The molecular formula is C16H13BrFNO. The zero-order valence-electron chi connectivity index (χ0n) is 10.8. The number of nitrogens with zero attached hydrogens (tertiary/aromatic N) is 1. The molecule has 0 saturated heterocycles. The molecule has 2 aromatic carbocycles. The van der Waals surface area contributed by atoms with Gasteiger partial charge in [0, 0.05) is 23.1 Å². The Morgan fingerprint density at radius 2 is 2.00 bits per heavy atom. The maximum atomic E-state index is 13.1. The molecule has 0 N–H and O–H groups in total. The zero-order chi connectivity index (χ0) is 14.1. The van der Waals surface area contributed by atoms with Crippen molar-refractivity contribution in [2.24, 2.45) is 0 Å². The molecule has 0 radical (unpaired) electrons. The Hall–Kier alpha value is -1.68. The SMILES string of the molecule is O=C1c2ccccc2CCN1Cc1ccc(F)cc1Br. The average molecular weight is 334 g/mol. The minimum absolute atomic E-state index is 0.0445. The second kappa shape index (κ2) is 5.37. The molecule has 0 aromatic heterocycles. The van der Waals surface area contributed by atoms with E-state index in [1.54, 1.807) is 11.0 Å². The van der Waals surface area contributed by atoms with Gasteiger partial charge in [0.25, 0.3) is 5.91 Å². The number of amides is 1. The van der Waals surface area contributed by atoms with Gasteiger partial charge in [0.05, 0.1) is 0 Å². The molecule has 0 bridgehead atoms. The quantitative estimate of drug-likeness (QED) is 0.818. The van der Waals surface area contributed by atoms with Crippen molar-refractivity contribution < 1.29 is 9.18 Å². The summed E-state index contributed by atoms with van der Waals surface area (Å²) in [5.74, 6) is -0.237. The summed E-state index contributed by atoms with van der Waals surface area (Å²) in [6.45, 7) is 1.19. The van der Waals surface area contributed by atoms with Crippen LogP contribution in [0.4, 0.5) is 4.39 Å². The van der Waals surface area contributed by atoms with Gasteiger partial charge in [-0.05, 0) is 35.7 Å². The Labute approximate surface area is 125 Å². The number of hydrogen-bond acceptors (Lipinski definition) is 1. The van der Waals surface area contributed by atoms with Crippen LogP contribution in [-0.4, -0.2) is 17.4 Å². The van der Waals surface area contributed by atoms with E-state index in [-0.39, 0.29) is 11.7 Å². The highest BCUT2D eigenvalue weighted by atomic mass is 79.9. The summed E-state index contributed by atoms with van der Waals surface area (Å²) < 4.78 is 13.8. The molecular weight excluding hydrogens is 321 g/mol. The van der Waals surface area contributed by atoms with Crippen molar-refractivity contribution in [2.75, 3.05) is 6.54 Å². The summed E-state index contributed by atoms with van der Waals surface area (Å²) in [6.07, 6.45) is 0.862. The highest BCUT2D eigenvalue weighted by Crippen LogP contribution is 2.24. The molecule has 0 fully saturated rings. The molecule has 102 valence electrons. The molecule has 1 amide bonds. The molecule has 20 heavy (non-hydrogen) atoms. The van der Waals surface area contributed by atoms with Crippen LogP contribution >= 0.6 is 15.9 Å². The molecule has 4 heteroatoms. The fraction of sp³-hybridized carbons (Fsp3) is 0.188. The Morgan fingerprint density at radius 3 is 2.80 bits per heavy atom. The van der Waals surface area contributed by atoms with Crippen molar-refractivity contribution in [2.45, 2.75) is 13.0 Å². The summed E-state index contributed by atoms with van der Waals surface area (Å²) >= 11 is 3.35. The highest BCUT2D eigenvalue weighted by Gasteiger charge is 2.24. The number of hydrogen-bond donors (Lipinski definition) is 0. The lowest BCUT2D eigenvalue weighted by Crippen LogP contribution is -2.37. The Balaban J connectivity index is 1.85. The Kier molecular flexibility index (Phi) is 3.57. The van der Waals surface area contributed by atoms with E-state index in [1.165, 1.54) is 12.1 Å². The van der Waals surface area contributed by atoms with Crippen LogP contribution < -0.4 is 0 Å². The predicted molar refractivity (Wildman–Crippen MR) is 79.0 cm³/mol. The van der Waals surface area contributed by atoms with E-state index < -0.39 is 0 Å². The first-order chi connectivity index (χ1) is 9.65. The minimum atomic E-state index is -0.282. The molecule has 2 nitrogen and oxygen atoms in total. The summed E-state index contributed by atoms with van der Waals surface area (Å²) in [4.78, 5) is 14.2. The molecule has 0 atom stereocenters. The van der Waals surface area contributed by atoms with Gasteiger partial charge >= 0.3 is 0 Å². The minimum Gasteiger partial charge on any atom is -0.334 e. The summed E-state index contributed by atoms with van der Waals surface area (Å²) in [6, 6.07) is 12.3. The van der Waals surface area contributed by atoms with Crippen LogP contribution in [0.15, 0.2) is 46.9 Å². The number of carbonyl (C=O) groups is 1. The van der Waals surface area contributed by atoms with Crippen LogP contribution in [0.25, 0.3) is 0 Å². The lowest BCUT2D eigenvalue weighted by atomic mass is 9.99. The Morgan fingerprint density at radius 1 is 1.20 bits per heavy atom. The first-order valence-corrected chi connectivity index (χ1v) is 7.25. The van der Waals surface area contributed by atoms with E-state index in [0.29, 0.717) is 17.6 Å². The Bertz CT molecular complexity index is 671. The topological polar surface area (TPSA) is 20.3 Å². The molecule has 3 rings (SSSR count). The fourth-order valence-corrected chi connectivity index (χ4v) is 2.96. The van der Waals surface area contributed by atoms with Gasteiger partial charge in [0.1, 0.15) is 5.82 Å². The van der Waals surface area contributed by atoms with Crippen molar-refractivity contribution in [1.82, 2.24) is 4.90 Å². The van der Waals surface area contributed by atoms with Gasteiger partial charge < -0.3 is 4.90 Å². The van der Waals surface area contributed by atoms with Crippen molar-refractivity contribution in [3.63, 3.8) is 0 Å². The van der Waals surface area contributed by atoms with Crippen LogP contribution in [0.5, 0.6) is 0 Å². The molecule has 0 spiro atoms. The number of halogens is 2. The molecule has 0 aliphatic carbocycles. The highest BCUT2D eigenvalue weighted by molar-refractivity contribution is 9.10. The lowest BCUT2D eigenvalue weighted by Gasteiger charge is -2.29.